The molecule has 1 aliphatic heterocycles. The second-order valence-corrected chi connectivity index (χ2v) is 4.60. The van der Waals surface area contributed by atoms with Gasteiger partial charge in [0.25, 0.3) is 0 Å². The fraction of sp³-hybridized carbons (Fsp3) is 0.750. The van der Waals surface area contributed by atoms with Gasteiger partial charge in [-0.25, -0.2) is 4.79 Å². The molecule has 0 radical (unpaired) electrons. The SMILES string of the molecule is CCC1(CC)C(=O)C(C)CNC(=O)N(C)C1=O. The summed E-state index contributed by atoms with van der Waals surface area (Å²) in [5.41, 5.74) is -1.04. The molecule has 1 atom stereocenters. The van der Waals surface area contributed by atoms with Gasteiger partial charge < -0.3 is 5.32 Å². The normalized spacial score (nSPS) is 25.3. The lowest BCUT2D eigenvalue weighted by Gasteiger charge is -2.36. The van der Waals surface area contributed by atoms with E-state index in [-0.39, 0.29) is 18.2 Å². The van der Waals surface area contributed by atoms with Gasteiger partial charge in [-0.15, -0.1) is 0 Å². The van der Waals surface area contributed by atoms with Crippen LogP contribution in [0.4, 0.5) is 4.79 Å². The van der Waals surface area contributed by atoms with Gasteiger partial charge in [-0.3, -0.25) is 14.5 Å². The van der Waals surface area contributed by atoms with E-state index in [0.29, 0.717) is 12.8 Å². The summed E-state index contributed by atoms with van der Waals surface area (Å²) in [6, 6.07) is -0.430. The minimum Gasteiger partial charge on any atom is -0.337 e. The van der Waals surface area contributed by atoms with Crippen LogP contribution in [0, 0.1) is 11.3 Å². The average molecular weight is 240 g/mol. The third-order valence-electron chi connectivity index (χ3n) is 3.70. The molecule has 1 heterocycles. The first-order valence-electron chi connectivity index (χ1n) is 6.01. The van der Waals surface area contributed by atoms with Crippen LogP contribution in [0.25, 0.3) is 0 Å². The molecular weight excluding hydrogens is 220 g/mol. The van der Waals surface area contributed by atoms with Crippen molar-refractivity contribution in [1.82, 2.24) is 10.2 Å². The van der Waals surface area contributed by atoms with Crippen molar-refractivity contribution in [2.45, 2.75) is 33.6 Å². The van der Waals surface area contributed by atoms with Crippen molar-refractivity contribution >= 4 is 17.7 Å². The van der Waals surface area contributed by atoms with Gasteiger partial charge in [0.05, 0.1) is 0 Å². The summed E-state index contributed by atoms with van der Waals surface area (Å²) in [7, 11) is 1.42. The number of rotatable bonds is 2. The van der Waals surface area contributed by atoms with Crippen LogP contribution in [0.5, 0.6) is 0 Å². The zero-order chi connectivity index (χ0) is 13.2. The molecule has 1 N–H and O–H groups in total. The lowest BCUT2D eigenvalue weighted by molar-refractivity contribution is -0.150. The Balaban J connectivity index is 3.23. The van der Waals surface area contributed by atoms with Crippen molar-refractivity contribution in [2.75, 3.05) is 13.6 Å². The number of imide groups is 1. The summed E-state index contributed by atoms with van der Waals surface area (Å²) in [6.07, 6.45) is 0.867. The molecule has 0 saturated carbocycles. The molecule has 0 spiro atoms. The molecule has 17 heavy (non-hydrogen) atoms. The Morgan fingerprint density at radius 1 is 1.29 bits per heavy atom. The van der Waals surface area contributed by atoms with Crippen molar-refractivity contribution in [1.29, 1.82) is 0 Å². The molecule has 1 rings (SSSR count). The Bertz CT molecular complexity index is 348. The van der Waals surface area contributed by atoms with Crippen LogP contribution < -0.4 is 5.32 Å². The Morgan fingerprint density at radius 2 is 1.82 bits per heavy atom. The van der Waals surface area contributed by atoms with Gasteiger partial charge in [0.15, 0.2) is 5.78 Å². The highest BCUT2D eigenvalue weighted by atomic mass is 16.2. The first kappa shape index (κ1) is 13.7. The molecule has 3 amide bonds. The van der Waals surface area contributed by atoms with E-state index in [1.54, 1.807) is 6.92 Å². The zero-order valence-electron chi connectivity index (χ0n) is 10.9. The van der Waals surface area contributed by atoms with E-state index in [1.807, 2.05) is 13.8 Å². The summed E-state index contributed by atoms with van der Waals surface area (Å²) in [6.45, 7) is 5.68. The number of urea groups is 1. The van der Waals surface area contributed by atoms with Gasteiger partial charge in [0.2, 0.25) is 5.91 Å². The molecule has 1 saturated heterocycles. The monoisotopic (exact) mass is 240 g/mol. The topological polar surface area (TPSA) is 66.5 Å². The fourth-order valence-corrected chi connectivity index (χ4v) is 2.34. The van der Waals surface area contributed by atoms with Crippen molar-refractivity contribution in [3.05, 3.63) is 0 Å². The predicted molar refractivity (Wildman–Crippen MR) is 63.4 cm³/mol. The number of hydrogen-bond acceptors (Lipinski definition) is 3. The maximum absolute atomic E-state index is 12.3. The predicted octanol–water partition coefficient (Wildman–Crippen LogP) is 1.18. The number of nitrogens with zero attached hydrogens (tertiary/aromatic N) is 1. The molecule has 1 aliphatic rings. The van der Waals surface area contributed by atoms with E-state index in [1.165, 1.54) is 7.05 Å². The van der Waals surface area contributed by atoms with Gasteiger partial charge in [0, 0.05) is 19.5 Å². The van der Waals surface area contributed by atoms with Gasteiger partial charge >= 0.3 is 6.03 Å². The van der Waals surface area contributed by atoms with Crippen LogP contribution in [-0.4, -0.2) is 36.2 Å². The summed E-state index contributed by atoms with van der Waals surface area (Å²) in [5, 5.41) is 2.58. The standard InChI is InChI=1S/C12H20N2O3/c1-5-12(6-2)9(15)8(3)7-13-11(17)14(4)10(12)16/h8H,5-7H2,1-4H3,(H,13,17). The second-order valence-electron chi connectivity index (χ2n) is 4.60. The Hall–Kier alpha value is -1.39. The van der Waals surface area contributed by atoms with Crippen molar-refractivity contribution < 1.29 is 14.4 Å². The zero-order valence-corrected chi connectivity index (χ0v) is 10.9. The van der Waals surface area contributed by atoms with Gasteiger partial charge in [0.1, 0.15) is 5.41 Å². The average Bonchev–Trinajstić information content (AvgIpc) is 2.35. The number of nitrogens with one attached hydrogen (secondary N) is 1. The molecule has 5 nitrogen and oxygen atoms in total. The summed E-state index contributed by atoms with van der Waals surface area (Å²) < 4.78 is 0. The first-order chi connectivity index (χ1) is 7.90. The van der Waals surface area contributed by atoms with Crippen LogP contribution in [0.3, 0.4) is 0 Å². The Kier molecular flexibility index (Phi) is 3.91. The van der Waals surface area contributed by atoms with Crippen LogP contribution in [0.1, 0.15) is 33.6 Å². The quantitative estimate of drug-likeness (QED) is 0.737. The van der Waals surface area contributed by atoms with Crippen molar-refractivity contribution in [2.24, 2.45) is 11.3 Å². The highest BCUT2D eigenvalue weighted by Gasteiger charge is 2.48. The molecule has 1 fully saturated rings. The minimum absolute atomic E-state index is 0.0700. The molecule has 1 unspecified atom stereocenters. The number of carbonyl (C=O) groups is 3. The number of amides is 3. The van der Waals surface area contributed by atoms with Gasteiger partial charge in [-0.05, 0) is 12.8 Å². The minimum atomic E-state index is -1.04. The number of Topliss-reactive ketones (excluding diaryl/α,β-unsaturated/α-hetero) is 1. The first-order valence-corrected chi connectivity index (χ1v) is 6.01. The molecule has 0 aliphatic carbocycles. The van der Waals surface area contributed by atoms with E-state index in [9.17, 15) is 14.4 Å². The van der Waals surface area contributed by atoms with Gasteiger partial charge in [-0.1, -0.05) is 20.8 Å². The maximum Gasteiger partial charge on any atom is 0.323 e. The van der Waals surface area contributed by atoms with Crippen LogP contribution >= 0.6 is 0 Å². The summed E-state index contributed by atoms with van der Waals surface area (Å²) in [4.78, 5) is 37.3. The molecule has 5 heteroatoms. The number of ketones is 1. The molecule has 0 aromatic rings. The van der Waals surface area contributed by atoms with Gasteiger partial charge in [-0.2, -0.15) is 0 Å². The van der Waals surface area contributed by atoms with E-state index < -0.39 is 17.4 Å². The Labute approximate surface area is 102 Å². The van der Waals surface area contributed by atoms with E-state index in [4.69, 9.17) is 0 Å². The van der Waals surface area contributed by atoms with Crippen LogP contribution in [0.2, 0.25) is 0 Å². The van der Waals surface area contributed by atoms with E-state index in [0.717, 1.165) is 4.90 Å². The lowest BCUT2D eigenvalue weighted by Crippen LogP contribution is -2.56. The summed E-state index contributed by atoms with van der Waals surface area (Å²) >= 11 is 0. The van der Waals surface area contributed by atoms with Crippen LogP contribution in [-0.2, 0) is 9.59 Å². The molecule has 96 valence electrons. The molecule has 0 aromatic carbocycles. The van der Waals surface area contributed by atoms with E-state index >= 15 is 0 Å². The van der Waals surface area contributed by atoms with Crippen molar-refractivity contribution in [3.63, 3.8) is 0 Å². The molecule has 0 aromatic heterocycles. The maximum atomic E-state index is 12.3. The highest BCUT2D eigenvalue weighted by Crippen LogP contribution is 2.33. The largest absolute Gasteiger partial charge is 0.337 e. The van der Waals surface area contributed by atoms with E-state index in [2.05, 4.69) is 5.32 Å². The summed E-state index contributed by atoms with van der Waals surface area (Å²) in [5.74, 6) is -0.785. The lowest BCUT2D eigenvalue weighted by atomic mass is 9.72. The third-order valence-corrected chi connectivity index (χ3v) is 3.70. The Morgan fingerprint density at radius 3 is 2.29 bits per heavy atom. The second kappa shape index (κ2) is 4.85. The van der Waals surface area contributed by atoms with Crippen LogP contribution in [0.15, 0.2) is 0 Å². The smallest absolute Gasteiger partial charge is 0.323 e. The highest BCUT2D eigenvalue weighted by molar-refractivity contribution is 6.11. The number of hydrogen-bond donors (Lipinski definition) is 1. The number of carbonyl (C=O) groups excluding carboxylic acids is 3. The molecular formula is C12H20N2O3. The molecule has 0 bridgehead atoms. The fourth-order valence-electron chi connectivity index (χ4n) is 2.34. The third kappa shape index (κ3) is 2.06. The van der Waals surface area contributed by atoms with Crippen molar-refractivity contribution in [3.8, 4) is 0 Å².